The molecule has 8 heteroatoms. The van der Waals surface area contributed by atoms with E-state index in [9.17, 15) is 13.2 Å². The molecule has 1 aromatic heterocycles. The molecule has 2 heterocycles. The molecule has 0 spiro atoms. The van der Waals surface area contributed by atoms with Crippen molar-refractivity contribution in [1.82, 2.24) is 10.3 Å². The lowest BCUT2D eigenvalue weighted by atomic mass is 10.1. The zero-order chi connectivity index (χ0) is 17.7. The Kier molecular flexibility index (Phi) is 5.93. The second kappa shape index (κ2) is 8.16. The van der Waals surface area contributed by atoms with Crippen LogP contribution in [-0.2, 0) is 24.1 Å². The van der Waals surface area contributed by atoms with E-state index in [1.807, 2.05) is 0 Å². The van der Waals surface area contributed by atoms with Gasteiger partial charge in [0, 0.05) is 18.8 Å². The summed E-state index contributed by atoms with van der Waals surface area (Å²) in [7, 11) is 0. The van der Waals surface area contributed by atoms with E-state index in [0.717, 1.165) is 48.1 Å². The molecule has 1 aliphatic rings. The Hall–Kier alpha value is -1.64. The van der Waals surface area contributed by atoms with Crippen molar-refractivity contribution in [3.05, 3.63) is 46.5 Å². The highest BCUT2D eigenvalue weighted by Crippen LogP contribution is 2.29. The predicted molar refractivity (Wildman–Crippen MR) is 91.6 cm³/mol. The van der Waals surface area contributed by atoms with Crippen molar-refractivity contribution in [2.45, 2.75) is 38.3 Å². The first-order valence-electron chi connectivity index (χ1n) is 8.16. The maximum atomic E-state index is 12.7. The smallest absolute Gasteiger partial charge is 0.371 e. The minimum atomic E-state index is -4.33. The topological polar surface area (TPSA) is 46.2 Å². The van der Waals surface area contributed by atoms with Crippen molar-refractivity contribution in [2.75, 3.05) is 18.4 Å². The molecule has 136 valence electrons. The second-order valence-corrected chi connectivity index (χ2v) is 7.13. The van der Waals surface area contributed by atoms with Gasteiger partial charge in [0.25, 0.3) is 0 Å². The predicted octanol–water partition coefficient (Wildman–Crippen LogP) is 4.04. The van der Waals surface area contributed by atoms with Crippen molar-refractivity contribution in [3.8, 4) is 0 Å². The summed E-state index contributed by atoms with van der Waals surface area (Å²) in [6.45, 7) is 2.46. The monoisotopic (exact) mass is 371 g/mol. The SMILES string of the molecule is FC(F)(F)c1cccc(COCc2cnc(NC3CCCNC3)s2)c1. The van der Waals surface area contributed by atoms with E-state index in [1.165, 1.54) is 17.4 Å². The number of piperidine rings is 1. The highest BCUT2D eigenvalue weighted by molar-refractivity contribution is 7.15. The molecular formula is C17H20F3N3OS. The van der Waals surface area contributed by atoms with Gasteiger partial charge in [-0.15, -0.1) is 0 Å². The third kappa shape index (κ3) is 5.42. The van der Waals surface area contributed by atoms with Gasteiger partial charge in [-0.1, -0.05) is 23.5 Å². The van der Waals surface area contributed by atoms with E-state index in [4.69, 9.17) is 4.74 Å². The number of rotatable bonds is 6. The quantitative estimate of drug-likeness (QED) is 0.804. The summed E-state index contributed by atoms with van der Waals surface area (Å²) in [4.78, 5) is 5.28. The Morgan fingerprint density at radius 3 is 2.96 bits per heavy atom. The Balaban J connectivity index is 1.48. The summed E-state index contributed by atoms with van der Waals surface area (Å²) in [5.74, 6) is 0. The lowest BCUT2D eigenvalue weighted by Gasteiger charge is -2.23. The molecule has 3 rings (SSSR count). The van der Waals surface area contributed by atoms with Crippen LogP contribution in [0, 0.1) is 0 Å². The van der Waals surface area contributed by atoms with E-state index in [2.05, 4.69) is 15.6 Å². The van der Waals surface area contributed by atoms with Gasteiger partial charge in [0.2, 0.25) is 0 Å². The molecule has 0 aliphatic carbocycles. The van der Waals surface area contributed by atoms with Crippen molar-refractivity contribution < 1.29 is 17.9 Å². The third-order valence-electron chi connectivity index (χ3n) is 3.95. The van der Waals surface area contributed by atoms with Gasteiger partial charge >= 0.3 is 6.18 Å². The third-order valence-corrected chi connectivity index (χ3v) is 4.85. The fourth-order valence-corrected chi connectivity index (χ4v) is 3.52. The number of benzene rings is 1. The van der Waals surface area contributed by atoms with Gasteiger partial charge in [-0.25, -0.2) is 4.98 Å². The molecule has 1 atom stereocenters. The van der Waals surface area contributed by atoms with Crippen LogP contribution in [0.4, 0.5) is 18.3 Å². The number of halogens is 3. The zero-order valence-electron chi connectivity index (χ0n) is 13.6. The van der Waals surface area contributed by atoms with E-state index < -0.39 is 11.7 Å². The molecule has 4 nitrogen and oxygen atoms in total. The molecule has 1 aliphatic heterocycles. The number of alkyl halides is 3. The molecule has 0 bridgehead atoms. The summed E-state index contributed by atoms with van der Waals surface area (Å²) < 4.78 is 43.6. The van der Waals surface area contributed by atoms with Crippen LogP contribution in [0.3, 0.4) is 0 Å². The maximum Gasteiger partial charge on any atom is 0.416 e. The van der Waals surface area contributed by atoms with Crippen LogP contribution in [-0.4, -0.2) is 24.1 Å². The van der Waals surface area contributed by atoms with Crippen molar-refractivity contribution in [3.63, 3.8) is 0 Å². The van der Waals surface area contributed by atoms with Gasteiger partial charge in [-0.2, -0.15) is 13.2 Å². The van der Waals surface area contributed by atoms with Crippen LogP contribution >= 0.6 is 11.3 Å². The summed E-state index contributed by atoms with van der Waals surface area (Å²) >= 11 is 1.51. The first kappa shape index (κ1) is 18.2. The van der Waals surface area contributed by atoms with Gasteiger partial charge < -0.3 is 15.4 Å². The van der Waals surface area contributed by atoms with E-state index in [1.54, 1.807) is 12.3 Å². The molecule has 0 amide bonds. The lowest BCUT2D eigenvalue weighted by Crippen LogP contribution is -2.38. The molecule has 1 saturated heterocycles. The number of hydrogen-bond donors (Lipinski definition) is 2. The standard InChI is InChI=1S/C17H20F3N3OS/c18-17(19,20)13-4-1-3-12(7-13)10-24-11-15-9-22-16(25-15)23-14-5-2-6-21-8-14/h1,3-4,7,9,14,21H,2,5-6,8,10-11H2,(H,22,23). The number of aromatic nitrogens is 1. The molecule has 2 N–H and O–H groups in total. The van der Waals surface area contributed by atoms with E-state index in [0.29, 0.717) is 18.2 Å². The molecule has 1 fully saturated rings. The number of anilines is 1. The number of thiazole rings is 1. The molecule has 2 aromatic rings. The number of nitrogens with one attached hydrogen (secondary N) is 2. The number of nitrogens with zero attached hydrogens (tertiary/aromatic N) is 1. The molecule has 1 unspecified atom stereocenters. The van der Waals surface area contributed by atoms with E-state index in [-0.39, 0.29) is 6.61 Å². The van der Waals surface area contributed by atoms with Gasteiger partial charge in [0.15, 0.2) is 5.13 Å². The number of ether oxygens (including phenoxy) is 1. The normalized spacial score (nSPS) is 18.3. The van der Waals surface area contributed by atoms with Gasteiger partial charge in [0.05, 0.1) is 23.7 Å². The molecule has 0 radical (unpaired) electrons. The van der Waals surface area contributed by atoms with Crippen molar-refractivity contribution in [2.24, 2.45) is 0 Å². The summed E-state index contributed by atoms with van der Waals surface area (Å²) in [5, 5.41) is 7.59. The van der Waals surface area contributed by atoms with Crippen LogP contribution in [0.1, 0.15) is 28.8 Å². The molecule has 1 aromatic carbocycles. The zero-order valence-corrected chi connectivity index (χ0v) is 14.4. The van der Waals surface area contributed by atoms with Crippen molar-refractivity contribution >= 4 is 16.5 Å². The van der Waals surface area contributed by atoms with Crippen molar-refractivity contribution in [1.29, 1.82) is 0 Å². The summed E-state index contributed by atoms with van der Waals surface area (Å²) in [6, 6.07) is 5.60. The highest BCUT2D eigenvalue weighted by atomic mass is 32.1. The Morgan fingerprint density at radius 1 is 1.32 bits per heavy atom. The first-order chi connectivity index (χ1) is 12.0. The van der Waals surface area contributed by atoms with Gasteiger partial charge in [-0.3, -0.25) is 0 Å². The fourth-order valence-electron chi connectivity index (χ4n) is 2.70. The van der Waals surface area contributed by atoms with Gasteiger partial charge in [0.1, 0.15) is 0 Å². The average molecular weight is 371 g/mol. The van der Waals surface area contributed by atoms with Crippen LogP contribution < -0.4 is 10.6 Å². The molecule has 25 heavy (non-hydrogen) atoms. The Morgan fingerprint density at radius 2 is 2.20 bits per heavy atom. The van der Waals surface area contributed by atoms with Gasteiger partial charge in [-0.05, 0) is 37.1 Å². The largest absolute Gasteiger partial charge is 0.416 e. The van der Waals surface area contributed by atoms with Crippen LogP contribution in [0.15, 0.2) is 30.5 Å². The van der Waals surface area contributed by atoms with E-state index >= 15 is 0 Å². The summed E-state index contributed by atoms with van der Waals surface area (Å²) in [6.07, 6.45) is -0.318. The lowest BCUT2D eigenvalue weighted by molar-refractivity contribution is -0.137. The maximum absolute atomic E-state index is 12.7. The second-order valence-electron chi connectivity index (χ2n) is 6.01. The summed E-state index contributed by atoms with van der Waals surface area (Å²) in [5.41, 5.74) is -0.148. The van der Waals surface area contributed by atoms with Crippen LogP contribution in [0.25, 0.3) is 0 Å². The fraction of sp³-hybridized carbons (Fsp3) is 0.471. The van der Waals surface area contributed by atoms with Crippen LogP contribution in [0.5, 0.6) is 0 Å². The highest BCUT2D eigenvalue weighted by Gasteiger charge is 2.30. The Bertz CT molecular complexity index is 684. The molecular weight excluding hydrogens is 351 g/mol. The van der Waals surface area contributed by atoms with Crippen LogP contribution in [0.2, 0.25) is 0 Å². The molecule has 0 saturated carbocycles. The Labute approximate surface area is 148 Å². The minimum absolute atomic E-state index is 0.136. The average Bonchev–Trinajstić information content (AvgIpc) is 3.03. The first-order valence-corrected chi connectivity index (χ1v) is 8.98. The minimum Gasteiger partial charge on any atom is -0.371 e. The number of hydrogen-bond acceptors (Lipinski definition) is 5.